The average Bonchev–Trinajstić information content (AvgIpc) is 2.70. The van der Waals surface area contributed by atoms with Gasteiger partial charge < -0.3 is 19.7 Å². The third kappa shape index (κ3) is 5.35. The maximum absolute atomic E-state index is 12.4. The summed E-state index contributed by atoms with van der Waals surface area (Å²) in [6, 6.07) is 11.5. The van der Waals surface area contributed by atoms with E-state index in [1.54, 1.807) is 47.4 Å². The van der Waals surface area contributed by atoms with Crippen molar-refractivity contribution in [2.75, 3.05) is 38.2 Å². The topological polar surface area (TPSA) is 67.9 Å². The van der Waals surface area contributed by atoms with Crippen LogP contribution in [0.5, 0.6) is 5.75 Å². The third-order valence-corrected chi connectivity index (χ3v) is 4.71. The van der Waals surface area contributed by atoms with Crippen molar-refractivity contribution in [1.82, 2.24) is 4.90 Å². The van der Waals surface area contributed by atoms with Crippen LogP contribution in [0.15, 0.2) is 42.5 Å². The van der Waals surface area contributed by atoms with Crippen LogP contribution in [0.4, 0.5) is 5.69 Å². The molecule has 2 amide bonds. The fourth-order valence-corrected chi connectivity index (χ4v) is 2.86. The lowest BCUT2D eigenvalue weighted by Crippen LogP contribution is -2.40. The molecule has 1 aliphatic rings. The molecule has 8 heteroatoms. The quantitative estimate of drug-likeness (QED) is 0.821. The van der Waals surface area contributed by atoms with Crippen LogP contribution in [0.1, 0.15) is 10.4 Å². The molecule has 1 heterocycles. The summed E-state index contributed by atoms with van der Waals surface area (Å²) in [7, 11) is 0. The molecule has 1 fully saturated rings. The number of ether oxygens (including phenoxy) is 2. The van der Waals surface area contributed by atoms with Crippen molar-refractivity contribution < 1.29 is 19.1 Å². The molecule has 0 spiro atoms. The Hall–Kier alpha value is -2.28. The van der Waals surface area contributed by atoms with E-state index in [2.05, 4.69) is 5.32 Å². The van der Waals surface area contributed by atoms with Crippen molar-refractivity contribution in [3.05, 3.63) is 58.1 Å². The SMILES string of the molecule is O=C(COc1ccc(C(=O)N2CCOCC2)cc1)Nc1ccc(Cl)c(Cl)c1. The van der Waals surface area contributed by atoms with Gasteiger partial charge in [0.15, 0.2) is 6.61 Å². The molecule has 0 aromatic heterocycles. The Morgan fingerprint density at radius 2 is 1.74 bits per heavy atom. The molecule has 0 radical (unpaired) electrons. The minimum atomic E-state index is -0.332. The van der Waals surface area contributed by atoms with Crippen molar-refractivity contribution >= 4 is 40.7 Å². The highest BCUT2D eigenvalue weighted by Gasteiger charge is 2.18. The van der Waals surface area contributed by atoms with Crippen LogP contribution in [0.2, 0.25) is 10.0 Å². The first-order valence-corrected chi connectivity index (χ1v) is 9.13. The van der Waals surface area contributed by atoms with Gasteiger partial charge in [-0.25, -0.2) is 0 Å². The maximum Gasteiger partial charge on any atom is 0.262 e. The van der Waals surface area contributed by atoms with Crippen molar-refractivity contribution in [2.24, 2.45) is 0 Å². The number of carbonyl (C=O) groups is 2. The van der Waals surface area contributed by atoms with E-state index in [0.717, 1.165) is 0 Å². The van der Waals surface area contributed by atoms with Crippen LogP contribution in [0.3, 0.4) is 0 Å². The summed E-state index contributed by atoms with van der Waals surface area (Å²) in [5, 5.41) is 3.44. The smallest absolute Gasteiger partial charge is 0.262 e. The van der Waals surface area contributed by atoms with Crippen LogP contribution >= 0.6 is 23.2 Å². The predicted octanol–water partition coefficient (Wildman–Crippen LogP) is 3.48. The minimum Gasteiger partial charge on any atom is -0.484 e. The number of rotatable bonds is 5. The van der Waals surface area contributed by atoms with Gasteiger partial charge >= 0.3 is 0 Å². The number of hydrogen-bond acceptors (Lipinski definition) is 4. The van der Waals surface area contributed by atoms with E-state index in [0.29, 0.717) is 53.3 Å². The molecular weight excluding hydrogens is 391 g/mol. The summed E-state index contributed by atoms with van der Waals surface area (Å²) in [5.74, 6) is 0.127. The lowest BCUT2D eigenvalue weighted by molar-refractivity contribution is -0.118. The Bertz CT molecular complexity index is 821. The second-order valence-corrected chi connectivity index (χ2v) is 6.71. The predicted molar refractivity (Wildman–Crippen MR) is 104 cm³/mol. The molecule has 0 atom stereocenters. The fourth-order valence-electron chi connectivity index (χ4n) is 2.56. The Labute approximate surface area is 167 Å². The summed E-state index contributed by atoms with van der Waals surface area (Å²) in [6.45, 7) is 2.12. The number of anilines is 1. The molecule has 0 saturated carbocycles. The number of morpholine rings is 1. The second-order valence-electron chi connectivity index (χ2n) is 5.89. The molecule has 0 unspecified atom stereocenters. The van der Waals surface area contributed by atoms with Gasteiger partial charge in [-0.05, 0) is 42.5 Å². The van der Waals surface area contributed by atoms with Crippen LogP contribution in [-0.2, 0) is 9.53 Å². The van der Waals surface area contributed by atoms with Crippen molar-refractivity contribution in [1.29, 1.82) is 0 Å². The highest BCUT2D eigenvalue weighted by molar-refractivity contribution is 6.42. The van der Waals surface area contributed by atoms with Crippen LogP contribution in [0, 0.1) is 0 Å². The lowest BCUT2D eigenvalue weighted by atomic mass is 10.2. The molecule has 142 valence electrons. The summed E-state index contributed by atoms with van der Waals surface area (Å²) in [5.41, 5.74) is 1.11. The van der Waals surface area contributed by atoms with Crippen LogP contribution in [-0.4, -0.2) is 49.6 Å². The zero-order chi connectivity index (χ0) is 19.2. The normalized spacial score (nSPS) is 13.9. The highest BCUT2D eigenvalue weighted by Crippen LogP contribution is 2.25. The van der Waals surface area contributed by atoms with Crippen molar-refractivity contribution in [3.8, 4) is 5.75 Å². The van der Waals surface area contributed by atoms with Gasteiger partial charge in [-0.15, -0.1) is 0 Å². The molecule has 1 N–H and O–H groups in total. The number of nitrogens with one attached hydrogen (secondary N) is 1. The van der Waals surface area contributed by atoms with Gasteiger partial charge in [-0.2, -0.15) is 0 Å². The van der Waals surface area contributed by atoms with Gasteiger partial charge in [0.25, 0.3) is 11.8 Å². The van der Waals surface area contributed by atoms with E-state index in [9.17, 15) is 9.59 Å². The van der Waals surface area contributed by atoms with Gasteiger partial charge in [-0.1, -0.05) is 23.2 Å². The number of halogens is 2. The second kappa shape index (κ2) is 9.08. The summed E-state index contributed by atoms with van der Waals surface area (Å²) < 4.78 is 10.7. The zero-order valence-corrected chi connectivity index (χ0v) is 15.9. The molecule has 2 aromatic rings. The summed E-state index contributed by atoms with van der Waals surface area (Å²) in [4.78, 5) is 26.1. The molecule has 2 aromatic carbocycles. The largest absolute Gasteiger partial charge is 0.484 e. The molecule has 27 heavy (non-hydrogen) atoms. The molecule has 3 rings (SSSR count). The summed E-state index contributed by atoms with van der Waals surface area (Å²) in [6.07, 6.45) is 0. The fraction of sp³-hybridized carbons (Fsp3) is 0.263. The van der Waals surface area contributed by atoms with Gasteiger partial charge in [0.2, 0.25) is 0 Å². The number of nitrogens with zero attached hydrogens (tertiary/aromatic N) is 1. The molecule has 1 saturated heterocycles. The van der Waals surface area contributed by atoms with E-state index < -0.39 is 0 Å². The van der Waals surface area contributed by atoms with E-state index >= 15 is 0 Å². The maximum atomic E-state index is 12.4. The Kier molecular flexibility index (Phi) is 6.55. The van der Waals surface area contributed by atoms with Gasteiger partial charge in [0.05, 0.1) is 23.3 Å². The van der Waals surface area contributed by atoms with Crippen LogP contribution < -0.4 is 10.1 Å². The van der Waals surface area contributed by atoms with Crippen LogP contribution in [0.25, 0.3) is 0 Å². The first-order chi connectivity index (χ1) is 13.0. The standard InChI is InChI=1S/C19H18Cl2N2O4/c20-16-6-3-14(11-17(16)21)22-18(24)12-27-15-4-1-13(2-5-15)19(25)23-7-9-26-10-8-23/h1-6,11H,7-10,12H2,(H,22,24). The number of hydrogen-bond donors (Lipinski definition) is 1. The minimum absolute atomic E-state index is 0.0396. The molecule has 0 aliphatic carbocycles. The molecular formula is C19H18Cl2N2O4. The Morgan fingerprint density at radius 1 is 1.04 bits per heavy atom. The van der Waals surface area contributed by atoms with E-state index in [1.807, 2.05) is 0 Å². The summed E-state index contributed by atoms with van der Waals surface area (Å²) >= 11 is 11.8. The Morgan fingerprint density at radius 3 is 2.41 bits per heavy atom. The van der Waals surface area contributed by atoms with Crippen molar-refractivity contribution in [2.45, 2.75) is 0 Å². The van der Waals surface area contributed by atoms with Gasteiger partial charge in [0.1, 0.15) is 5.75 Å². The lowest BCUT2D eigenvalue weighted by Gasteiger charge is -2.26. The molecule has 1 aliphatic heterocycles. The number of carbonyl (C=O) groups excluding carboxylic acids is 2. The van der Waals surface area contributed by atoms with Gasteiger partial charge in [0, 0.05) is 24.3 Å². The average molecular weight is 409 g/mol. The zero-order valence-electron chi connectivity index (χ0n) is 14.4. The van der Waals surface area contributed by atoms with E-state index in [4.69, 9.17) is 32.7 Å². The Balaban J connectivity index is 1.51. The first kappa shape index (κ1) is 19.5. The molecule has 6 nitrogen and oxygen atoms in total. The van der Waals surface area contributed by atoms with E-state index in [1.165, 1.54) is 0 Å². The van der Waals surface area contributed by atoms with Gasteiger partial charge in [-0.3, -0.25) is 9.59 Å². The highest BCUT2D eigenvalue weighted by atomic mass is 35.5. The number of benzene rings is 2. The monoisotopic (exact) mass is 408 g/mol. The number of amides is 2. The molecule has 0 bridgehead atoms. The first-order valence-electron chi connectivity index (χ1n) is 8.38. The van der Waals surface area contributed by atoms with E-state index in [-0.39, 0.29) is 18.4 Å². The third-order valence-electron chi connectivity index (χ3n) is 3.97. The van der Waals surface area contributed by atoms with Crippen molar-refractivity contribution in [3.63, 3.8) is 0 Å².